The first-order valence-electron chi connectivity index (χ1n) is 8.30. The third-order valence-electron chi connectivity index (χ3n) is 4.10. The third kappa shape index (κ3) is 4.95. The van der Waals surface area contributed by atoms with Gasteiger partial charge in [-0.1, -0.05) is 12.1 Å². The van der Waals surface area contributed by atoms with E-state index in [4.69, 9.17) is 18.9 Å². The van der Waals surface area contributed by atoms with Crippen LogP contribution in [0.1, 0.15) is 18.9 Å². The fourth-order valence-corrected chi connectivity index (χ4v) is 2.70. The van der Waals surface area contributed by atoms with Crippen LogP contribution in [0.4, 0.5) is 5.69 Å². The number of methoxy groups -OCH3 is 4. The second-order valence-electron chi connectivity index (χ2n) is 5.85. The minimum atomic E-state index is 0.296. The highest BCUT2D eigenvalue weighted by Gasteiger charge is 2.14. The van der Waals surface area contributed by atoms with E-state index < -0.39 is 0 Å². The van der Waals surface area contributed by atoms with Crippen molar-refractivity contribution in [2.24, 2.45) is 0 Å². The molecule has 0 radical (unpaired) electrons. The van der Waals surface area contributed by atoms with Crippen molar-refractivity contribution in [1.82, 2.24) is 0 Å². The lowest BCUT2D eigenvalue weighted by Crippen LogP contribution is -2.16. The summed E-state index contributed by atoms with van der Waals surface area (Å²) in [6, 6.07) is 12.3. The summed E-state index contributed by atoms with van der Waals surface area (Å²) in [6.45, 7) is 2.16. The minimum Gasteiger partial charge on any atom is -0.497 e. The van der Waals surface area contributed by atoms with E-state index in [-0.39, 0.29) is 0 Å². The average molecular weight is 345 g/mol. The molecule has 5 nitrogen and oxygen atoms in total. The Hall–Kier alpha value is -2.56. The summed E-state index contributed by atoms with van der Waals surface area (Å²) < 4.78 is 21.3. The molecular weight excluding hydrogens is 318 g/mol. The molecule has 2 aromatic rings. The molecule has 0 heterocycles. The van der Waals surface area contributed by atoms with E-state index in [1.165, 1.54) is 5.56 Å². The Morgan fingerprint density at radius 1 is 0.840 bits per heavy atom. The maximum Gasteiger partial charge on any atom is 0.203 e. The lowest BCUT2D eigenvalue weighted by molar-refractivity contribution is 0.324. The highest BCUT2D eigenvalue weighted by molar-refractivity contribution is 5.62. The molecule has 1 atom stereocenters. The fourth-order valence-electron chi connectivity index (χ4n) is 2.70. The van der Waals surface area contributed by atoms with Gasteiger partial charge in [-0.2, -0.15) is 0 Å². The summed E-state index contributed by atoms with van der Waals surface area (Å²) in [5.74, 6) is 2.77. The Morgan fingerprint density at radius 3 is 1.92 bits per heavy atom. The van der Waals surface area contributed by atoms with Crippen molar-refractivity contribution < 1.29 is 18.9 Å². The molecule has 25 heavy (non-hydrogen) atoms. The maximum atomic E-state index is 5.40. The number of benzene rings is 2. The molecule has 0 spiro atoms. The molecule has 0 fully saturated rings. The molecule has 136 valence electrons. The number of hydrogen-bond acceptors (Lipinski definition) is 5. The first kappa shape index (κ1) is 18.8. The van der Waals surface area contributed by atoms with Gasteiger partial charge in [-0.05, 0) is 37.5 Å². The quantitative estimate of drug-likeness (QED) is 0.740. The van der Waals surface area contributed by atoms with Gasteiger partial charge >= 0.3 is 0 Å². The Morgan fingerprint density at radius 2 is 1.44 bits per heavy atom. The van der Waals surface area contributed by atoms with Gasteiger partial charge in [0.05, 0.1) is 28.4 Å². The van der Waals surface area contributed by atoms with Crippen molar-refractivity contribution in [3.63, 3.8) is 0 Å². The van der Waals surface area contributed by atoms with Gasteiger partial charge in [0.25, 0.3) is 0 Å². The van der Waals surface area contributed by atoms with Crippen LogP contribution >= 0.6 is 0 Å². The Bertz CT molecular complexity index is 645. The second-order valence-corrected chi connectivity index (χ2v) is 5.85. The first-order chi connectivity index (χ1) is 12.1. The van der Waals surface area contributed by atoms with Crippen LogP contribution in [0.15, 0.2) is 36.4 Å². The minimum absolute atomic E-state index is 0.296. The molecule has 0 aromatic heterocycles. The predicted octanol–water partition coefficient (Wildman–Crippen LogP) is 4.15. The van der Waals surface area contributed by atoms with Crippen LogP contribution in [0.2, 0.25) is 0 Å². The molecule has 0 saturated heterocycles. The van der Waals surface area contributed by atoms with Crippen LogP contribution in [-0.4, -0.2) is 34.5 Å². The summed E-state index contributed by atoms with van der Waals surface area (Å²) in [6.07, 6.45) is 1.99. The van der Waals surface area contributed by atoms with E-state index in [1.807, 2.05) is 24.3 Å². The summed E-state index contributed by atoms with van der Waals surface area (Å²) >= 11 is 0. The van der Waals surface area contributed by atoms with E-state index >= 15 is 0 Å². The molecule has 1 N–H and O–H groups in total. The van der Waals surface area contributed by atoms with E-state index in [0.717, 1.165) is 24.3 Å². The summed E-state index contributed by atoms with van der Waals surface area (Å²) in [5, 5.41) is 3.50. The monoisotopic (exact) mass is 345 g/mol. The SMILES string of the molecule is COc1ccc(CC[C@@H](C)Nc2cc(OC)c(OC)c(OC)c2)cc1. The third-order valence-corrected chi connectivity index (χ3v) is 4.10. The zero-order valence-electron chi connectivity index (χ0n) is 15.6. The van der Waals surface area contributed by atoms with Gasteiger partial charge < -0.3 is 24.3 Å². The van der Waals surface area contributed by atoms with Crippen LogP contribution in [-0.2, 0) is 6.42 Å². The Labute approximate surface area is 149 Å². The van der Waals surface area contributed by atoms with Gasteiger partial charge in [0.15, 0.2) is 11.5 Å². The van der Waals surface area contributed by atoms with Crippen molar-refractivity contribution in [3.8, 4) is 23.0 Å². The number of nitrogens with one attached hydrogen (secondary N) is 1. The lowest BCUT2D eigenvalue weighted by Gasteiger charge is -2.19. The molecular formula is C20H27NO4. The van der Waals surface area contributed by atoms with Crippen molar-refractivity contribution in [2.75, 3.05) is 33.8 Å². The molecule has 2 rings (SSSR count). The van der Waals surface area contributed by atoms with Crippen LogP contribution in [0.3, 0.4) is 0 Å². The van der Waals surface area contributed by atoms with Gasteiger partial charge in [-0.25, -0.2) is 0 Å². The standard InChI is InChI=1S/C20H27NO4/c1-14(6-7-15-8-10-17(22-2)11-9-15)21-16-12-18(23-3)20(25-5)19(13-16)24-4/h8-14,21H,6-7H2,1-5H3/t14-/m1/s1. The van der Waals surface area contributed by atoms with Gasteiger partial charge in [-0.15, -0.1) is 0 Å². The average Bonchev–Trinajstić information content (AvgIpc) is 2.65. The van der Waals surface area contributed by atoms with Crippen molar-refractivity contribution in [1.29, 1.82) is 0 Å². The van der Waals surface area contributed by atoms with Crippen molar-refractivity contribution in [3.05, 3.63) is 42.0 Å². The number of anilines is 1. The zero-order chi connectivity index (χ0) is 18.2. The molecule has 0 bridgehead atoms. The highest BCUT2D eigenvalue weighted by Crippen LogP contribution is 2.40. The number of hydrogen-bond donors (Lipinski definition) is 1. The zero-order valence-corrected chi connectivity index (χ0v) is 15.6. The van der Waals surface area contributed by atoms with Gasteiger partial charge in [0.1, 0.15) is 5.75 Å². The van der Waals surface area contributed by atoms with Crippen LogP contribution in [0, 0.1) is 0 Å². The number of aryl methyl sites for hydroxylation is 1. The molecule has 0 aliphatic carbocycles. The number of ether oxygens (including phenoxy) is 4. The highest BCUT2D eigenvalue weighted by atomic mass is 16.5. The summed E-state index contributed by atoms with van der Waals surface area (Å²) in [4.78, 5) is 0. The van der Waals surface area contributed by atoms with Gasteiger partial charge in [0, 0.05) is 23.9 Å². The summed E-state index contributed by atoms with van der Waals surface area (Å²) in [5.41, 5.74) is 2.23. The van der Waals surface area contributed by atoms with E-state index in [1.54, 1.807) is 28.4 Å². The van der Waals surface area contributed by atoms with E-state index in [0.29, 0.717) is 23.3 Å². The maximum absolute atomic E-state index is 5.40. The summed E-state index contributed by atoms with van der Waals surface area (Å²) in [7, 11) is 6.52. The molecule has 5 heteroatoms. The van der Waals surface area contributed by atoms with Crippen molar-refractivity contribution in [2.45, 2.75) is 25.8 Å². The lowest BCUT2D eigenvalue weighted by atomic mass is 10.1. The molecule has 0 unspecified atom stereocenters. The molecule has 0 saturated carbocycles. The van der Waals surface area contributed by atoms with Crippen LogP contribution < -0.4 is 24.3 Å². The van der Waals surface area contributed by atoms with Crippen molar-refractivity contribution >= 4 is 5.69 Å². The largest absolute Gasteiger partial charge is 0.497 e. The molecule has 0 aliphatic heterocycles. The Kier molecular flexibility index (Phi) is 6.81. The predicted molar refractivity (Wildman–Crippen MR) is 100 cm³/mol. The van der Waals surface area contributed by atoms with Crippen LogP contribution in [0.5, 0.6) is 23.0 Å². The smallest absolute Gasteiger partial charge is 0.203 e. The van der Waals surface area contributed by atoms with Gasteiger partial charge in [-0.3, -0.25) is 0 Å². The van der Waals surface area contributed by atoms with Gasteiger partial charge in [0.2, 0.25) is 5.75 Å². The van der Waals surface area contributed by atoms with E-state index in [2.05, 4.69) is 24.4 Å². The van der Waals surface area contributed by atoms with E-state index in [9.17, 15) is 0 Å². The topological polar surface area (TPSA) is 49.0 Å². The molecule has 0 aliphatic rings. The normalized spacial score (nSPS) is 11.6. The molecule has 0 amide bonds. The second kappa shape index (κ2) is 9.06. The molecule has 2 aromatic carbocycles. The first-order valence-corrected chi connectivity index (χ1v) is 8.30. The fraction of sp³-hybridized carbons (Fsp3) is 0.400. The number of rotatable bonds is 9. The van der Waals surface area contributed by atoms with Crippen LogP contribution in [0.25, 0.3) is 0 Å². The Balaban J connectivity index is 2.00.